The second-order valence-electron chi connectivity index (χ2n) is 6.38. The molecule has 1 aromatic rings. The van der Waals surface area contributed by atoms with Crippen molar-refractivity contribution in [3.63, 3.8) is 0 Å². The molecule has 0 radical (unpaired) electrons. The topological polar surface area (TPSA) is 192 Å². The van der Waals surface area contributed by atoms with Gasteiger partial charge in [-0.05, 0) is 5.18 Å². The lowest BCUT2D eigenvalue weighted by Gasteiger charge is -2.39. The number of aromatic amines is 1. The van der Waals surface area contributed by atoms with Crippen molar-refractivity contribution >= 4 is 35.4 Å². The molecule has 1 saturated heterocycles. The van der Waals surface area contributed by atoms with Crippen LogP contribution in [0, 0.1) is 4.91 Å². The standard InChI is InChI=1S/C16H21N5O9/c1-6(22)28-9-5-27-14(12(30-8(3)24)11(9)29-7(2)23)18-13-10(20-26)15(25)21(4)16(17)19-13/h9,11-12,14,18H,5H2,1-4H3,(H2,17,19)/p+1. The smallest absolute Gasteiger partial charge is 0.330 e. The number of carbonyl (C=O) groups excluding carboxylic acids is 3. The van der Waals surface area contributed by atoms with E-state index >= 15 is 0 Å². The average molecular weight is 428 g/mol. The number of anilines is 2. The van der Waals surface area contributed by atoms with Crippen LogP contribution in [0.25, 0.3) is 0 Å². The third-order valence-corrected chi connectivity index (χ3v) is 4.09. The molecule has 4 N–H and O–H groups in total. The van der Waals surface area contributed by atoms with E-state index < -0.39 is 53.7 Å². The number of nitrogens with zero attached hydrogens (tertiary/aromatic N) is 2. The first-order chi connectivity index (χ1) is 14.0. The lowest BCUT2D eigenvalue weighted by molar-refractivity contribution is -0.351. The number of hydrogen-bond donors (Lipinski definition) is 2. The number of ether oxygens (including phenoxy) is 4. The molecule has 4 atom stereocenters. The van der Waals surface area contributed by atoms with Crippen LogP contribution in [0.5, 0.6) is 0 Å². The van der Waals surface area contributed by atoms with Crippen LogP contribution in [0.2, 0.25) is 0 Å². The predicted molar refractivity (Wildman–Crippen MR) is 98.1 cm³/mol. The summed E-state index contributed by atoms with van der Waals surface area (Å²) in [6.07, 6.45) is -4.86. The molecule has 2 rings (SSSR count). The Labute approximate surface area is 169 Å². The normalized spacial score (nSPS) is 23.2. The molecule has 1 fully saturated rings. The molecule has 0 bridgehead atoms. The SMILES string of the molecule is CC(=O)OC1COC(Nc2[nH+]c(N)n(C)c(=O)c2N=O)C(OC(C)=O)C1OC(C)=O. The van der Waals surface area contributed by atoms with Crippen LogP contribution in [0.1, 0.15) is 20.8 Å². The Hall–Kier alpha value is -3.55. The van der Waals surface area contributed by atoms with Crippen LogP contribution in [-0.2, 0) is 40.4 Å². The molecule has 1 aromatic heterocycles. The molecule has 164 valence electrons. The maximum absolute atomic E-state index is 12.2. The Balaban J connectivity index is 2.44. The summed E-state index contributed by atoms with van der Waals surface area (Å²) in [5.74, 6) is -2.47. The van der Waals surface area contributed by atoms with Crippen molar-refractivity contribution in [1.82, 2.24) is 4.57 Å². The fraction of sp³-hybridized carbons (Fsp3) is 0.562. The fourth-order valence-electron chi connectivity index (χ4n) is 2.84. The summed E-state index contributed by atoms with van der Waals surface area (Å²) in [5, 5.41) is 5.36. The van der Waals surface area contributed by atoms with Gasteiger partial charge in [-0.3, -0.25) is 24.5 Å². The molecular weight excluding hydrogens is 406 g/mol. The molecule has 2 heterocycles. The zero-order chi connectivity index (χ0) is 22.6. The molecule has 1 aliphatic rings. The van der Waals surface area contributed by atoms with E-state index in [1.165, 1.54) is 7.05 Å². The van der Waals surface area contributed by atoms with Crippen LogP contribution in [-0.4, -0.2) is 53.6 Å². The van der Waals surface area contributed by atoms with E-state index in [0.29, 0.717) is 0 Å². The number of carbonyl (C=O) groups is 3. The third-order valence-electron chi connectivity index (χ3n) is 4.09. The maximum Gasteiger partial charge on any atom is 0.330 e. The van der Waals surface area contributed by atoms with E-state index in [9.17, 15) is 24.1 Å². The van der Waals surface area contributed by atoms with Gasteiger partial charge >= 0.3 is 29.4 Å². The monoisotopic (exact) mass is 428 g/mol. The van der Waals surface area contributed by atoms with Crippen LogP contribution >= 0.6 is 0 Å². The van der Waals surface area contributed by atoms with Crippen LogP contribution in [0.4, 0.5) is 17.5 Å². The first-order valence-corrected chi connectivity index (χ1v) is 8.70. The molecular formula is C16H22N5O9+. The first-order valence-electron chi connectivity index (χ1n) is 8.70. The molecule has 0 saturated carbocycles. The molecule has 0 aromatic carbocycles. The van der Waals surface area contributed by atoms with Crippen molar-refractivity contribution in [2.75, 3.05) is 17.7 Å². The van der Waals surface area contributed by atoms with Gasteiger partial charge in [0.2, 0.25) is 17.7 Å². The van der Waals surface area contributed by atoms with E-state index in [4.69, 9.17) is 24.7 Å². The number of nitroso groups, excluding NO2 is 1. The summed E-state index contributed by atoms with van der Waals surface area (Å²) in [6.45, 7) is 3.13. The lowest BCUT2D eigenvalue weighted by Crippen LogP contribution is -2.59. The van der Waals surface area contributed by atoms with Gasteiger partial charge in [-0.2, -0.15) is 0 Å². The largest absolute Gasteiger partial charge is 0.456 e. The number of aromatic nitrogens is 2. The highest BCUT2D eigenvalue weighted by Gasteiger charge is 2.48. The van der Waals surface area contributed by atoms with Gasteiger partial charge in [-0.1, -0.05) is 0 Å². The molecule has 0 spiro atoms. The van der Waals surface area contributed by atoms with E-state index in [-0.39, 0.29) is 18.4 Å². The highest BCUT2D eigenvalue weighted by atomic mass is 16.6. The van der Waals surface area contributed by atoms with Gasteiger partial charge in [0, 0.05) is 20.8 Å². The number of hydrogen-bond acceptors (Lipinski definition) is 12. The van der Waals surface area contributed by atoms with Crippen LogP contribution in [0.15, 0.2) is 9.97 Å². The molecule has 0 aliphatic carbocycles. The second kappa shape index (κ2) is 9.30. The van der Waals surface area contributed by atoms with Gasteiger partial charge in [0.05, 0.1) is 13.7 Å². The molecule has 0 amide bonds. The Bertz CT molecular complexity index is 915. The summed E-state index contributed by atoms with van der Waals surface area (Å²) in [6, 6.07) is 0. The quantitative estimate of drug-likeness (QED) is 0.312. The number of nitrogens with two attached hydrogens (primary N) is 1. The van der Waals surface area contributed by atoms with E-state index in [1.54, 1.807) is 0 Å². The summed E-state index contributed by atoms with van der Waals surface area (Å²) < 4.78 is 22.1. The van der Waals surface area contributed by atoms with Crippen LogP contribution < -0.4 is 21.6 Å². The highest BCUT2D eigenvalue weighted by molar-refractivity contribution is 5.68. The van der Waals surface area contributed by atoms with Gasteiger partial charge in [0.25, 0.3) is 0 Å². The molecule has 14 heteroatoms. The van der Waals surface area contributed by atoms with Crippen molar-refractivity contribution in [2.24, 2.45) is 12.2 Å². The number of esters is 3. The van der Waals surface area contributed by atoms with E-state index in [2.05, 4.69) is 15.5 Å². The number of rotatable bonds is 6. The number of H-pyrrole nitrogens is 1. The zero-order valence-corrected chi connectivity index (χ0v) is 16.7. The molecule has 4 unspecified atom stereocenters. The van der Waals surface area contributed by atoms with E-state index in [0.717, 1.165) is 25.3 Å². The maximum atomic E-state index is 12.2. The summed E-state index contributed by atoms with van der Waals surface area (Å²) in [4.78, 5) is 60.6. The molecule has 30 heavy (non-hydrogen) atoms. The Morgan fingerprint density at radius 2 is 1.70 bits per heavy atom. The second-order valence-corrected chi connectivity index (χ2v) is 6.38. The van der Waals surface area contributed by atoms with Gasteiger partial charge < -0.3 is 24.7 Å². The minimum Gasteiger partial charge on any atom is -0.456 e. The fourth-order valence-corrected chi connectivity index (χ4v) is 2.84. The summed E-state index contributed by atoms with van der Waals surface area (Å²) >= 11 is 0. The minimum atomic E-state index is -1.32. The summed E-state index contributed by atoms with van der Waals surface area (Å²) in [7, 11) is 1.33. The number of nitrogen functional groups attached to an aromatic ring is 1. The van der Waals surface area contributed by atoms with Crippen molar-refractivity contribution < 1.29 is 38.3 Å². The van der Waals surface area contributed by atoms with E-state index in [1.807, 2.05) is 0 Å². The van der Waals surface area contributed by atoms with Gasteiger partial charge in [-0.25, -0.2) is 9.55 Å². The predicted octanol–water partition coefficient (Wildman–Crippen LogP) is -1.26. The van der Waals surface area contributed by atoms with Gasteiger partial charge in [0.1, 0.15) is 0 Å². The van der Waals surface area contributed by atoms with Crippen molar-refractivity contribution in [2.45, 2.75) is 45.3 Å². The zero-order valence-electron chi connectivity index (χ0n) is 16.7. The Kier molecular flexibility index (Phi) is 7.05. The molecule has 14 nitrogen and oxygen atoms in total. The van der Waals surface area contributed by atoms with Gasteiger partial charge in [-0.15, -0.1) is 4.91 Å². The lowest BCUT2D eigenvalue weighted by atomic mass is 10.0. The van der Waals surface area contributed by atoms with Crippen molar-refractivity contribution in [3.05, 3.63) is 15.3 Å². The first kappa shape index (κ1) is 22.7. The minimum absolute atomic E-state index is 0.107. The van der Waals surface area contributed by atoms with Crippen molar-refractivity contribution in [1.29, 1.82) is 0 Å². The van der Waals surface area contributed by atoms with Crippen molar-refractivity contribution in [3.8, 4) is 0 Å². The van der Waals surface area contributed by atoms with Crippen LogP contribution in [0.3, 0.4) is 0 Å². The Morgan fingerprint density at radius 1 is 1.13 bits per heavy atom. The number of nitrogens with one attached hydrogen (secondary N) is 2. The molecule has 1 aliphatic heterocycles. The third kappa shape index (κ3) is 5.08. The summed E-state index contributed by atoms with van der Waals surface area (Å²) in [5.41, 5.74) is 4.37. The van der Waals surface area contributed by atoms with Gasteiger partial charge in [0.15, 0.2) is 18.3 Å². The Morgan fingerprint density at radius 3 is 2.23 bits per heavy atom. The average Bonchev–Trinajstić information content (AvgIpc) is 2.63. The highest BCUT2D eigenvalue weighted by Crippen LogP contribution is 2.26.